The van der Waals surface area contributed by atoms with Gasteiger partial charge in [-0.2, -0.15) is 5.10 Å². The molecule has 2 aliphatic rings. The normalized spacial score (nSPS) is 22.0. The van der Waals surface area contributed by atoms with Gasteiger partial charge in [-0.3, -0.25) is 10.00 Å². The second-order valence-electron chi connectivity index (χ2n) is 6.77. The first kappa shape index (κ1) is 14.8. The maximum atomic E-state index is 5.80. The lowest BCUT2D eigenvalue weighted by atomic mass is 10.2. The van der Waals surface area contributed by atoms with Gasteiger partial charge in [-0.05, 0) is 25.7 Å². The van der Waals surface area contributed by atoms with Gasteiger partial charge < -0.3 is 9.30 Å². The molecule has 0 bridgehead atoms. The Morgan fingerprint density at radius 2 is 2.22 bits per heavy atom. The summed E-state index contributed by atoms with van der Waals surface area (Å²) >= 11 is 0. The molecule has 1 atom stereocenters. The first-order valence-electron chi connectivity index (χ1n) is 8.50. The van der Waals surface area contributed by atoms with Gasteiger partial charge in [-0.15, -0.1) is 10.2 Å². The van der Waals surface area contributed by atoms with Crippen molar-refractivity contribution in [2.24, 2.45) is 5.92 Å². The third-order valence-corrected chi connectivity index (χ3v) is 4.84. The fraction of sp³-hybridized carbons (Fsp3) is 0.688. The molecular formula is C16H24N6O. The maximum absolute atomic E-state index is 5.80. The SMILES string of the molecule is C[C@@H]1Cc2nnc(COCC3CC3)n2CCN1Cc1cn[nH]c1. The Bertz CT molecular complexity index is 633. The summed E-state index contributed by atoms with van der Waals surface area (Å²) < 4.78 is 8.05. The molecule has 0 saturated heterocycles. The van der Waals surface area contributed by atoms with Crippen molar-refractivity contribution in [2.75, 3.05) is 13.2 Å². The van der Waals surface area contributed by atoms with Crippen LogP contribution in [0.15, 0.2) is 12.4 Å². The number of nitrogens with zero attached hydrogens (tertiary/aromatic N) is 5. The summed E-state index contributed by atoms with van der Waals surface area (Å²) in [5, 5.41) is 15.7. The summed E-state index contributed by atoms with van der Waals surface area (Å²) in [5.41, 5.74) is 1.22. The summed E-state index contributed by atoms with van der Waals surface area (Å²) in [7, 11) is 0. The molecule has 1 N–H and O–H groups in total. The molecule has 1 aliphatic heterocycles. The van der Waals surface area contributed by atoms with Crippen LogP contribution in [0.25, 0.3) is 0 Å². The molecule has 0 amide bonds. The highest BCUT2D eigenvalue weighted by atomic mass is 16.5. The topological polar surface area (TPSA) is 71.9 Å². The van der Waals surface area contributed by atoms with Crippen LogP contribution in [0.1, 0.15) is 37.0 Å². The minimum Gasteiger partial charge on any atom is -0.373 e. The van der Waals surface area contributed by atoms with Crippen molar-refractivity contribution < 1.29 is 4.74 Å². The summed E-state index contributed by atoms with van der Waals surface area (Å²) in [6.07, 6.45) is 7.42. The predicted molar refractivity (Wildman–Crippen MR) is 84.6 cm³/mol. The van der Waals surface area contributed by atoms with Crippen molar-refractivity contribution in [3.05, 3.63) is 29.6 Å². The van der Waals surface area contributed by atoms with Gasteiger partial charge in [0.05, 0.1) is 6.20 Å². The van der Waals surface area contributed by atoms with Crippen LogP contribution < -0.4 is 0 Å². The third-order valence-electron chi connectivity index (χ3n) is 4.84. The van der Waals surface area contributed by atoms with Gasteiger partial charge in [0.15, 0.2) is 5.82 Å². The Balaban J connectivity index is 1.40. The zero-order valence-corrected chi connectivity index (χ0v) is 13.6. The molecule has 2 aromatic rings. The van der Waals surface area contributed by atoms with E-state index in [4.69, 9.17) is 4.74 Å². The van der Waals surface area contributed by atoms with E-state index >= 15 is 0 Å². The quantitative estimate of drug-likeness (QED) is 0.871. The molecule has 0 spiro atoms. The number of H-pyrrole nitrogens is 1. The molecule has 7 nitrogen and oxygen atoms in total. The van der Waals surface area contributed by atoms with Crippen molar-refractivity contribution in [2.45, 2.75) is 51.9 Å². The first-order chi connectivity index (χ1) is 11.3. The van der Waals surface area contributed by atoms with Crippen molar-refractivity contribution in [3.8, 4) is 0 Å². The van der Waals surface area contributed by atoms with Gasteiger partial charge in [0, 0.05) is 50.5 Å². The second-order valence-corrected chi connectivity index (χ2v) is 6.77. The standard InChI is InChI=1S/C16H24N6O/c1-12-6-15-19-20-16(11-23-10-13-2-3-13)22(15)5-4-21(12)9-14-7-17-18-8-14/h7-8,12-13H,2-6,9-11H2,1H3,(H,17,18)/t12-/m1/s1. The van der Waals surface area contributed by atoms with E-state index in [1.54, 1.807) is 0 Å². The van der Waals surface area contributed by atoms with Crippen molar-refractivity contribution in [1.82, 2.24) is 29.9 Å². The van der Waals surface area contributed by atoms with Crippen LogP contribution in [0.3, 0.4) is 0 Å². The van der Waals surface area contributed by atoms with E-state index in [1.807, 2.05) is 12.4 Å². The highest BCUT2D eigenvalue weighted by Crippen LogP contribution is 2.29. The number of ether oxygens (including phenoxy) is 1. The highest BCUT2D eigenvalue weighted by molar-refractivity contribution is 5.05. The molecule has 3 heterocycles. The number of aromatic amines is 1. The maximum Gasteiger partial charge on any atom is 0.159 e. The number of aromatic nitrogens is 5. The van der Waals surface area contributed by atoms with Gasteiger partial charge in [0.2, 0.25) is 0 Å². The van der Waals surface area contributed by atoms with Crippen molar-refractivity contribution >= 4 is 0 Å². The number of hydrogen-bond donors (Lipinski definition) is 1. The fourth-order valence-electron chi connectivity index (χ4n) is 3.17. The van der Waals surface area contributed by atoms with E-state index in [2.05, 4.69) is 36.8 Å². The summed E-state index contributed by atoms with van der Waals surface area (Å²) in [6.45, 7) is 6.54. The Morgan fingerprint density at radius 3 is 3.00 bits per heavy atom. The van der Waals surface area contributed by atoms with E-state index < -0.39 is 0 Å². The molecule has 1 saturated carbocycles. The van der Waals surface area contributed by atoms with Gasteiger partial charge >= 0.3 is 0 Å². The molecular weight excluding hydrogens is 292 g/mol. The number of nitrogens with one attached hydrogen (secondary N) is 1. The lowest BCUT2D eigenvalue weighted by molar-refractivity contribution is 0.103. The number of hydrogen-bond acceptors (Lipinski definition) is 5. The summed E-state index contributed by atoms with van der Waals surface area (Å²) in [6, 6.07) is 0.440. The molecule has 124 valence electrons. The van der Waals surface area contributed by atoms with E-state index in [9.17, 15) is 0 Å². The minimum absolute atomic E-state index is 0.440. The van der Waals surface area contributed by atoms with Gasteiger partial charge in [0.25, 0.3) is 0 Å². The van der Waals surface area contributed by atoms with Gasteiger partial charge in [-0.1, -0.05) is 0 Å². The molecule has 0 radical (unpaired) electrons. The predicted octanol–water partition coefficient (Wildman–Crippen LogP) is 1.37. The van der Waals surface area contributed by atoms with Gasteiger partial charge in [-0.25, -0.2) is 0 Å². The first-order valence-corrected chi connectivity index (χ1v) is 8.50. The zero-order chi connectivity index (χ0) is 15.6. The number of fused-ring (bicyclic) bond motifs is 1. The van der Waals surface area contributed by atoms with Crippen LogP contribution in [-0.2, 0) is 30.9 Å². The van der Waals surface area contributed by atoms with Gasteiger partial charge in [0.1, 0.15) is 12.4 Å². The van der Waals surface area contributed by atoms with E-state index in [0.29, 0.717) is 12.6 Å². The second kappa shape index (κ2) is 6.41. The minimum atomic E-state index is 0.440. The van der Waals surface area contributed by atoms with Crippen molar-refractivity contribution in [1.29, 1.82) is 0 Å². The van der Waals surface area contributed by atoms with Crippen LogP contribution in [0.4, 0.5) is 0 Å². The molecule has 0 aromatic carbocycles. The summed E-state index contributed by atoms with van der Waals surface area (Å²) in [4.78, 5) is 2.48. The third kappa shape index (κ3) is 3.45. The Hall–Kier alpha value is -1.73. The van der Waals surface area contributed by atoms with Crippen LogP contribution in [0.2, 0.25) is 0 Å². The monoisotopic (exact) mass is 316 g/mol. The molecule has 0 unspecified atom stereocenters. The van der Waals surface area contributed by atoms with E-state index in [1.165, 1.54) is 18.4 Å². The Morgan fingerprint density at radius 1 is 1.30 bits per heavy atom. The summed E-state index contributed by atoms with van der Waals surface area (Å²) in [5.74, 6) is 2.84. The zero-order valence-electron chi connectivity index (χ0n) is 13.6. The highest BCUT2D eigenvalue weighted by Gasteiger charge is 2.25. The largest absolute Gasteiger partial charge is 0.373 e. The van der Waals surface area contributed by atoms with Crippen LogP contribution in [-0.4, -0.2) is 49.1 Å². The van der Waals surface area contributed by atoms with E-state index in [0.717, 1.165) is 50.2 Å². The smallest absolute Gasteiger partial charge is 0.159 e. The average Bonchev–Trinajstić information content (AvgIpc) is 3.12. The van der Waals surface area contributed by atoms with Crippen LogP contribution in [0, 0.1) is 5.92 Å². The van der Waals surface area contributed by atoms with Crippen LogP contribution in [0.5, 0.6) is 0 Å². The Kier molecular flexibility index (Phi) is 4.13. The molecule has 1 aliphatic carbocycles. The molecule has 23 heavy (non-hydrogen) atoms. The van der Waals surface area contributed by atoms with Crippen LogP contribution >= 0.6 is 0 Å². The molecule has 1 fully saturated rings. The molecule has 2 aromatic heterocycles. The fourth-order valence-corrected chi connectivity index (χ4v) is 3.17. The number of rotatable bonds is 6. The Labute approximate surface area is 136 Å². The lowest BCUT2D eigenvalue weighted by Gasteiger charge is -2.25. The lowest BCUT2D eigenvalue weighted by Crippen LogP contribution is -2.34. The van der Waals surface area contributed by atoms with E-state index in [-0.39, 0.29) is 0 Å². The van der Waals surface area contributed by atoms with Crippen molar-refractivity contribution in [3.63, 3.8) is 0 Å². The molecule has 4 rings (SSSR count). The average molecular weight is 316 g/mol. The molecule has 7 heteroatoms.